The summed E-state index contributed by atoms with van der Waals surface area (Å²) < 4.78 is 10.5. The number of furan rings is 1. The minimum absolute atomic E-state index is 0.0508. The summed E-state index contributed by atoms with van der Waals surface area (Å²) in [6.07, 6.45) is 4.59. The maximum atomic E-state index is 12.6. The van der Waals surface area contributed by atoms with E-state index in [1.54, 1.807) is 19.2 Å². The van der Waals surface area contributed by atoms with Gasteiger partial charge in [-0.3, -0.25) is 9.59 Å². The number of carbonyl (C=O) groups is 2. The van der Waals surface area contributed by atoms with Crippen molar-refractivity contribution >= 4 is 11.8 Å². The van der Waals surface area contributed by atoms with Crippen LogP contribution in [-0.4, -0.2) is 54.4 Å². The maximum Gasteiger partial charge on any atom is 0.289 e. The fourth-order valence-corrected chi connectivity index (χ4v) is 4.42. The molecule has 2 aromatic rings. The van der Waals surface area contributed by atoms with E-state index in [0.717, 1.165) is 31.6 Å². The van der Waals surface area contributed by atoms with Crippen molar-refractivity contribution in [1.82, 2.24) is 9.80 Å². The first-order valence-electron chi connectivity index (χ1n) is 9.91. The van der Waals surface area contributed by atoms with Gasteiger partial charge in [0.25, 0.3) is 5.91 Å². The zero-order chi connectivity index (χ0) is 19.5. The monoisotopic (exact) mass is 382 g/mol. The van der Waals surface area contributed by atoms with E-state index >= 15 is 0 Å². The quantitative estimate of drug-likeness (QED) is 0.798. The number of methoxy groups -OCH3 is 1. The van der Waals surface area contributed by atoms with Crippen molar-refractivity contribution in [2.75, 3.05) is 26.7 Å². The fourth-order valence-electron chi connectivity index (χ4n) is 4.42. The molecule has 0 bridgehead atoms. The van der Waals surface area contributed by atoms with Gasteiger partial charge in [0.15, 0.2) is 5.76 Å². The van der Waals surface area contributed by atoms with Crippen LogP contribution < -0.4 is 4.74 Å². The van der Waals surface area contributed by atoms with Gasteiger partial charge in [-0.15, -0.1) is 0 Å². The van der Waals surface area contributed by atoms with Gasteiger partial charge in [-0.2, -0.15) is 0 Å². The van der Waals surface area contributed by atoms with Crippen LogP contribution in [0.5, 0.6) is 5.75 Å². The zero-order valence-electron chi connectivity index (χ0n) is 16.2. The molecule has 2 aliphatic heterocycles. The van der Waals surface area contributed by atoms with Crippen LogP contribution in [0.4, 0.5) is 0 Å². The molecule has 148 valence electrons. The SMILES string of the molecule is COc1ccc(CCN2C(=O)CC[C@H]3CN(C(=O)c4ccco4)CC[C@H]32)cc1. The molecule has 6 heteroatoms. The molecule has 3 heterocycles. The van der Waals surface area contributed by atoms with Crippen molar-refractivity contribution in [3.8, 4) is 5.75 Å². The fraction of sp³-hybridized carbons (Fsp3) is 0.455. The van der Waals surface area contributed by atoms with E-state index in [0.29, 0.717) is 31.2 Å². The summed E-state index contributed by atoms with van der Waals surface area (Å²) in [4.78, 5) is 29.1. The molecule has 28 heavy (non-hydrogen) atoms. The molecule has 2 atom stereocenters. The lowest BCUT2D eigenvalue weighted by Gasteiger charge is -2.47. The van der Waals surface area contributed by atoms with Crippen molar-refractivity contribution < 1.29 is 18.7 Å². The Labute approximate surface area is 165 Å². The van der Waals surface area contributed by atoms with Gasteiger partial charge in [0, 0.05) is 32.1 Å². The summed E-state index contributed by atoms with van der Waals surface area (Å²) in [5.41, 5.74) is 1.20. The van der Waals surface area contributed by atoms with Crippen LogP contribution in [-0.2, 0) is 11.2 Å². The number of benzene rings is 1. The maximum absolute atomic E-state index is 12.6. The van der Waals surface area contributed by atoms with E-state index in [9.17, 15) is 9.59 Å². The molecular formula is C22H26N2O4. The standard InChI is InChI=1S/C22H26N2O4/c1-27-18-7-4-16(5-8-18)10-13-24-19-11-12-23(15-17(19)6-9-21(24)25)22(26)20-3-2-14-28-20/h2-5,7-8,14,17,19H,6,9-13,15H2,1H3/t17-,19+/m0/s1. The second-order valence-corrected chi connectivity index (χ2v) is 7.57. The van der Waals surface area contributed by atoms with Gasteiger partial charge in [0.1, 0.15) is 5.75 Å². The average Bonchev–Trinajstić information content (AvgIpc) is 3.27. The van der Waals surface area contributed by atoms with E-state index in [-0.39, 0.29) is 17.9 Å². The summed E-state index contributed by atoms with van der Waals surface area (Å²) in [6.45, 7) is 2.07. The largest absolute Gasteiger partial charge is 0.497 e. The summed E-state index contributed by atoms with van der Waals surface area (Å²) in [5.74, 6) is 1.75. The lowest BCUT2D eigenvalue weighted by Crippen LogP contribution is -2.57. The number of amides is 2. The van der Waals surface area contributed by atoms with Gasteiger partial charge >= 0.3 is 0 Å². The topological polar surface area (TPSA) is 63.0 Å². The molecule has 2 saturated heterocycles. The predicted octanol–water partition coefficient (Wildman–Crippen LogP) is 2.98. The zero-order valence-corrected chi connectivity index (χ0v) is 16.2. The number of ether oxygens (including phenoxy) is 1. The van der Waals surface area contributed by atoms with E-state index in [1.165, 1.54) is 11.8 Å². The van der Waals surface area contributed by atoms with Crippen LogP contribution in [0.1, 0.15) is 35.4 Å². The van der Waals surface area contributed by atoms with Crippen molar-refractivity contribution in [1.29, 1.82) is 0 Å². The second kappa shape index (κ2) is 8.09. The average molecular weight is 382 g/mol. The smallest absolute Gasteiger partial charge is 0.289 e. The Morgan fingerprint density at radius 1 is 1.21 bits per heavy atom. The number of hydrogen-bond acceptors (Lipinski definition) is 4. The van der Waals surface area contributed by atoms with Gasteiger partial charge in [0.05, 0.1) is 13.4 Å². The number of rotatable bonds is 5. The van der Waals surface area contributed by atoms with Gasteiger partial charge in [0.2, 0.25) is 5.91 Å². The molecule has 2 fully saturated rings. The van der Waals surface area contributed by atoms with Gasteiger partial charge in [-0.25, -0.2) is 0 Å². The Balaban J connectivity index is 1.39. The Kier molecular flexibility index (Phi) is 5.37. The summed E-state index contributed by atoms with van der Waals surface area (Å²) in [7, 11) is 1.66. The lowest BCUT2D eigenvalue weighted by molar-refractivity contribution is -0.140. The third kappa shape index (κ3) is 3.77. The van der Waals surface area contributed by atoms with Crippen molar-refractivity contribution in [3.05, 3.63) is 54.0 Å². The number of piperidine rings is 2. The lowest BCUT2D eigenvalue weighted by atomic mass is 9.83. The molecule has 0 N–H and O–H groups in total. The summed E-state index contributed by atoms with van der Waals surface area (Å²) in [6, 6.07) is 11.7. The normalized spacial score (nSPS) is 22.1. The molecule has 2 amide bonds. The highest BCUT2D eigenvalue weighted by molar-refractivity contribution is 5.91. The predicted molar refractivity (Wildman–Crippen MR) is 104 cm³/mol. The first kappa shape index (κ1) is 18.6. The molecule has 0 saturated carbocycles. The number of likely N-dealkylation sites (tertiary alicyclic amines) is 2. The highest BCUT2D eigenvalue weighted by Gasteiger charge is 2.40. The Morgan fingerprint density at radius 3 is 2.75 bits per heavy atom. The number of nitrogens with zero attached hydrogens (tertiary/aromatic N) is 2. The van der Waals surface area contributed by atoms with Crippen LogP contribution in [0.3, 0.4) is 0 Å². The second-order valence-electron chi connectivity index (χ2n) is 7.57. The third-order valence-corrected chi connectivity index (χ3v) is 5.96. The molecule has 2 aliphatic rings. The minimum Gasteiger partial charge on any atom is -0.497 e. The molecule has 0 unspecified atom stereocenters. The molecule has 6 nitrogen and oxygen atoms in total. The van der Waals surface area contributed by atoms with Crippen LogP contribution in [0.25, 0.3) is 0 Å². The first-order chi connectivity index (χ1) is 13.7. The van der Waals surface area contributed by atoms with E-state index in [2.05, 4.69) is 12.1 Å². The van der Waals surface area contributed by atoms with Gasteiger partial charge < -0.3 is 19.0 Å². The number of hydrogen-bond donors (Lipinski definition) is 0. The van der Waals surface area contributed by atoms with Crippen LogP contribution in [0, 0.1) is 5.92 Å². The Bertz CT molecular complexity index is 816. The summed E-state index contributed by atoms with van der Waals surface area (Å²) >= 11 is 0. The Hall–Kier alpha value is -2.76. The highest BCUT2D eigenvalue weighted by atomic mass is 16.5. The van der Waals surface area contributed by atoms with Crippen LogP contribution in [0.15, 0.2) is 47.1 Å². The molecule has 0 spiro atoms. The van der Waals surface area contributed by atoms with Crippen molar-refractivity contribution in [2.45, 2.75) is 31.7 Å². The van der Waals surface area contributed by atoms with Gasteiger partial charge in [-0.1, -0.05) is 12.1 Å². The van der Waals surface area contributed by atoms with Gasteiger partial charge in [-0.05, 0) is 55.0 Å². The molecular weight excluding hydrogens is 356 g/mol. The molecule has 4 rings (SSSR count). The third-order valence-electron chi connectivity index (χ3n) is 5.96. The highest BCUT2D eigenvalue weighted by Crippen LogP contribution is 2.32. The number of fused-ring (bicyclic) bond motifs is 1. The van der Waals surface area contributed by atoms with Crippen LogP contribution in [0.2, 0.25) is 0 Å². The van der Waals surface area contributed by atoms with E-state index in [4.69, 9.17) is 9.15 Å². The van der Waals surface area contributed by atoms with Crippen molar-refractivity contribution in [3.63, 3.8) is 0 Å². The molecule has 0 radical (unpaired) electrons. The number of carbonyl (C=O) groups excluding carboxylic acids is 2. The van der Waals surface area contributed by atoms with Crippen LogP contribution >= 0.6 is 0 Å². The molecule has 0 aliphatic carbocycles. The van der Waals surface area contributed by atoms with Crippen molar-refractivity contribution in [2.24, 2.45) is 5.92 Å². The molecule has 1 aromatic heterocycles. The minimum atomic E-state index is -0.0508. The summed E-state index contributed by atoms with van der Waals surface area (Å²) in [5, 5.41) is 0. The first-order valence-corrected chi connectivity index (χ1v) is 9.91. The van der Waals surface area contributed by atoms with E-state index in [1.807, 2.05) is 21.9 Å². The molecule has 1 aromatic carbocycles. The van der Waals surface area contributed by atoms with E-state index < -0.39 is 0 Å². The Morgan fingerprint density at radius 2 is 2.04 bits per heavy atom.